The maximum absolute atomic E-state index is 12.4. The molecule has 1 saturated heterocycles. The highest BCUT2D eigenvalue weighted by molar-refractivity contribution is 5.93. The number of anilines is 2. The van der Waals surface area contributed by atoms with E-state index in [2.05, 4.69) is 20.4 Å². The Hall–Kier alpha value is -3.97. The van der Waals surface area contributed by atoms with E-state index in [-0.39, 0.29) is 12.5 Å². The van der Waals surface area contributed by atoms with Gasteiger partial charge >= 0.3 is 0 Å². The minimum atomic E-state index is -0.217. The molecule has 3 aromatic carbocycles. The minimum Gasteiger partial charge on any atom is -0.483 e. The van der Waals surface area contributed by atoms with Crippen molar-refractivity contribution in [3.05, 3.63) is 78.9 Å². The highest BCUT2D eigenvalue weighted by Gasteiger charge is 2.13. The molecule has 5 rings (SSSR count). The van der Waals surface area contributed by atoms with Gasteiger partial charge in [-0.05, 0) is 35.7 Å². The zero-order valence-corrected chi connectivity index (χ0v) is 18.1. The van der Waals surface area contributed by atoms with Gasteiger partial charge in [0.15, 0.2) is 12.4 Å². The maximum Gasteiger partial charge on any atom is 0.262 e. The van der Waals surface area contributed by atoms with E-state index in [0.29, 0.717) is 24.7 Å². The first-order chi connectivity index (χ1) is 16.3. The molecular weight excluding hydrogens is 416 g/mol. The van der Waals surface area contributed by atoms with Gasteiger partial charge in [0.2, 0.25) is 0 Å². The van der Waals surface area contributed by atoms with Crippen molar-refractivity contribution in [2.45, 2.75) is 0 Å². The predicted molar refractivity (Wildman–Crippen MR) is 129 cm³/mol. The van der Waals surface area contributed by atoms with Crippen LogP contribution in [0.5, 0.6) is 5.75 Å². The van der Waals surface area contributed by atoms with Gasteiger partial charge in [0.05, 0.1) is 18.9 Å². The largest absolute Gasteiger partial charge is 0.483 e. The summed E-state index contributed by atoms with van der Waals surface area (Å²) < 4.78 is 11.1. The van der Waals surface area contributed by atoms with Crippen LogP contribution in [0.3, 0.4) is 0 Å². The number of carbonyl (C=O) groups is 1. The smallest absolute Gasteiger partial charge is 0.262 e. The molecule has 0 radical (unpaired) electrons. The summed E-state index contributed by atoms with van der Waals surface area (Å²) in [6, 6.07) is 25.2. The first kappa shape index (κ1) is 20.9. The lowest BCUT2D eigenvalue weighted by molar-refractivity contribution is -0.118. The van der Waals surface area contributed by atoms with Gasteiger partial charge in [0, 0.05) is 29.7 Å². The van der Waals surface area contributed by atoms with Gasteiger partial charge < -0.3 is 19.7 Å². The van der Waals surface area contributed by atoms with Gasteiger partial charge in [0.1, 0.15) is 5.75 Å². The van der Waals surface area contributed by atoms with Crippen molar-refractivity contribution in [2.24, 2.45) is 0 Å². The average Bonchev–Trinajstić information content (AvgIpc) is 2.88. The van der Waals surface area contributed by atoms with Gasteiger partial charge in [0.25, 0.3) is 5.91 Å². The van der Waals surface area contributed by atoms with Crippen LogP contribution < -0.4 is 15.0 Å². The van der Waals surface area contributed by atoms with Crippen molar-refractivity contribution >= 4 is 28.2 Å². The molecule has 166 valence electrons. The number of hydrogen-bond donors (Lipinski definition) is 1. The highest BCUT2D eigenvalue weighted by atomic mass is 16.5. The Morgan fingerprint density at radius 2 is 1.70 bits per heavy atom. The van der Waals surface area contributed by atoms with Crippen LogP contribution >= 0.6 is 0 Å². The summed E-state index contributed by atoms with van der Waals surface area (Å²) in [4.78, 5) is 14.6. The fraction of sp³-hybridized carbons (Fsp3) is 0.192. The van der Waals surface area contributed by atoms with Gasteiger partial charge in [-0.25, -0.2) is 0 Å². The van der Waals surface area contributed by atoms with Crippen LogP contribution in [0.2, 0.25) is 0 Å². The number of ether oxygens (including phenoxy) is 2. The Morgan fingerprint density at radius 1 is 0.909 bits per heavy atom. The van der Waals surface area contributed by atoms with E-state index < -0.39 is 0 Å². The van der Waals surface area contributed by atoms with Gasteiger partial charge in [-0.2, -0.15) is 0 Å². The molecule has 0 aliphatic carbocycles. The molecule has 1 N–H and O–H groups in total. The monoisotopic (exact) mass is 440 g/mol. The zero-order chi connectivity index (χ0) is 22.5. The number of nitrogens with zero attached hydrogens (tertiary/aromatic N) is 3. The van der Waals surface area contributed by atoms with E-state index in [0.717, 1.165) is 40.9 Å². The molecule has 1 amide bonds. The van der Waals surface area contributed by atoms with E-state index >= 15 is 0 Å². The first-order valence-electron chi connectivity index (χ1n) is 10.9. The standard InChI is InChI=1S/C26H24N4O3/c31-26(18-33-24-7-3-5-19-4-1-2-6-22(19)24)27-21-10-8-20(9-11-21)23-12-13-25(29-28-23)30-14-16-32-17-15-30/h1-13H,14-18H2,(H,27,31). The molecule has 0 unspecified atom stereocenters. The zero-order valence-electron chi connectivity index (χ0n) is 18.1. The summed E-state index contributed by atoms with van der Waals surface area (Å²) in [7, 11) is 0. The summed E-state index contributed by atoms with van der Waals surface area (Å²) in [6.07, 6.45) is 0. The van der Waals surface area contributed by atoms with Gasteiger partial charge in [-0.15, -0.1) is 10.2 Å². The third kappa shape index (κ3) is 4.94. The molecule has 0 saturated carbocycles. The topological polar surface area (TPSA) is 76.6 Å². The van der Waals surface area contributed by atoms with Crippen LogP contribution in [-0.4, -0.2) is 49.0 Å². The van der Waals surface area contributed by atoms with Crippen molar-refractivity contribution in [3.63, 3.8) is 0 Å². The van der Waals surface area contributed by atoms with E-state index in [1.165, 1.54) is 0 Å². The molecule has 1 fully saturated rings. The maximum atomic E-state index is 12.4. The molecule has 1 aromatic heterocycles. The third-order valence-corrected chi connectivity index (χ3v) is 5.56. The van der Waals surface area contributed by atoms with E-state index in [1.807, 2.05) is 78.9 Å². The molecule has 4 aromatic rings. The number of nitrogens with one attached hydrogen (secondary N) is 1. The van der Waals surface area contributed by atoms with E-state index in [4.69, 9.17) is 9.47 Å². The molecule has 0 bridgehead atoms. The minimum absolute atomic E-state index is 0.0652. The summed E-state index contributed by atoms with van der Waals surface area (Å²) in [6.45, 7) is 3.01. The molecule has 7 heteroatoms. The number of rotatable bonds is 6. The van der Waals surface area contributed by atoms with Crippen LogP contribution in [0.25, 0.3) is 22.0 Å². The molecule has 1 aliphatic heterocycles. The molecule has 33 heavy (non-hydrogen) atoms. The van der Waals surface area contributed by atoms with Crippen molar-refractivity contribution in [1.82, 2.24) is 10.2 Å². The van der Waals surface area contributed by atoms with Crippen molar-refractivity contribution in [3.8, 4) is 17.0 Å². The molecule has 0 spiro atoms. The van der Waals surface area contributed by atoms with E-state index in [9.17, 15) is 4.79 Å². The van der Waals surface area contributed by atoms with Crippen molar-refractivity contribution in [2.75, 3.05) is 43.1 Å². The van der Waals surface area contributed by atoms with Gasteiger partial charge in [-0.3, -0.25) is 4.79 Å². The van der Waals surface area contributed by atoms with E-state index in [1.54, 1.807) is 0 Å². The summed E-state index contributed by atoms with van der Waals surface area (Å²) in [5.41, 5.74) is 2.41. The lowest BCUT2D eigenvalue weighted by Gasteiger charge is -2.27. The fourth-order valence-corrected chi connectivity index (χ4v) is 3.83. The van der Waals surface area contributed by atoms with Gasteiger partial charge in [-0.1, -0.05) is 48.5 Å². The van der Waals surface area contributed by atoms with Crippen LogP contribution in [0.15, 0.2) is 78.9 Å². The first-order valence-corrected chi connectivity index (χ1v) is 10.9. The fourth-order valence-electron chi connectivity index (χ4n) is 3.83. The SMILES string of the molecule is O=C(COc1cccc2ccccc12)Nc1ccc(-c2ccc(N3CCOCC3)nn2)cc1. The normalized spacial score (nSPS) is 13.6. The number of benzene rings is 3. The summed E-state index contributed by atoms with van der Waals surface area (Å²) in [5.74, 6) is 1.33. The van der Waals surface area contributed by atoms with Crippen LogP contribution in [0.4, 0.5) is 11.5 Å². The van der Waals surface area contributed by atoms with Crippen LogP contribution in [0.1, 0.15) is 0 Å². The highest BCUT2D eigenvalue weighted by Crippen LogP contribution is 2.25. The number of fused-ring (bicyclic) bond motifs is 1. The number of carbonyl (C=O) groups excluding carboxylic acids is 1. The summed E-state index contributed by atoms with van der Waals surface area (Å²) in [5, 5.41) is 13.7. The molecule has 0 atom stereocenters. The number of aromatic nitrogens is 2. The molecule has 1 aliphatic rings. The van der Waals surface area contributed by atoms with Crippen LogP contribution in [-0.2, 0) is 9.53 Å². The Kier molecular flexibility index (Phi) is 6.12. The lowest BCUT2D eigenvalue weighted by Crippen LogP contribution is -2.36. The second kappa shape index (κ2) is 9.67. The van der Waals surface area contributed by atoms with Crippen LogP contribution in [0, 0.1) is 0 Å². The Labute approximate surface area is 192 Å². The Balaban J connectivity index is 1.18. The Bertz CT molecular complexity index is 1230. The van der Waals surface area contributed by atoms with Crippen molar-refractivity contribution < 1.29 is 14.3 Å². The summed E-state index contributed by atoms with van der Waals surface area (Å²) >= 11 is 0. The number of morpholine rings is 1. The average molecular weight is 441 g/mol. The Morgan fingerprint density at radius 3 is 2.48 bits per heavy atom. The van der Waals surface area contributed by atoms with Crippen molar-refractivity contribution in [1.29, 1.82) is 0 Å². The third-order valence-electron chi connectivity index (χ3n) is 5.56. The molecular formula is C26H24N4O3. The molecule has 7 nitrogen and oxygen atoms in total. The second-order valence-corrected chi connectivity index (χ2v) is 7.77. The second-order valence-electron chi connectivity index (χ2n) is 7.77. The molecule has 2 heterocycles. The quantitative estimate of drug-likeness (QED) is 0.485. The lowest BCUT2D eigenvalue weighted by atomic mass is 10.1. The number of hydrogen-bond acceptors (Lipinski definition) is 6. The predicted octanol–water partition coefficient (Wildman–Crippen LogP) is 4.15. The number of amides is 1.